The van der Waals surface area contributed by atoms with Crippen LogP contribution in [0.2, 0.25) is 0 Å². The topological polar surface area (TPSA) is 0 Å². The molecule has 0 aromatic heterocycles. The van der Waals surface area contributed by atoms with Gasteiger partial charge in [0.25, 0.3) is 0 Å². The molecule has 4 aromatic rings. The molecule has 1 aliphatic carbocycles. The van der Waals surface area contributed by atoms with Crippen molar-refractivity contribution < 1.29 is 58.9 Å². The Hall–Kier alpha value is -1.80. The molecule has 1 unspecified atom stereocenters. The molecule has 5 rings (SSSR count). The van der Waals surface area contributed by atoms with Gasteiger partial charge < -0.3 is 37.2 Å². The fraction of sp³-hybridized carbons (Fsp3) is 0.161. The van der Waals surface area contributed by atoms with Crippen LogP contribution in [0.5, 0.6) is 0 Å². The molecule has 1 aliphatic rings. The van der Waals surface area contributed by atoms with Crippen LogP contribution in [0.15, 0.2) is 97.1 Å². The standard InChI is InChI=1S/C31H27.3ClH.Ti/c1-22-9-6-13-26(19-22)31(27-14-7-10-23(2)20-27,28-15-8-11-24(3)21-28)30-18-17-25-12-4-5-16-29(25)30;;;;/h4-17,19-21,30H,1-3H3;3*1H;/q-1;;;;+4/p-3. The van der Waals surface area contributed by atoms with E-state index in [1.165, 1.54) is 44.5 Å². The van der Waals surface area contributed by atoms with Crippen molar-refractivity contribution in [2.24, 2.45) is 0 Å². The van der Waals surface area contributed by atoms with Gasteiger partial charge in [0.1, 0.15) is 0 Å². The minimum atomic E-state index is -0.368. The Morgan fingerprint density at radius 1 is 0.571 bits per heavy atom. The van der Waals surface area contributed by atoms with Gasteiger partial charge in [-0.2, -0.15) is 5.56 Å². The summed E-state index contributed by atoms with van der Waals surface area (Å²) >= 11 is 0. The van der Waals surface area contributed by atoms with E-state index < -0.39 is 0 Å². The molecule has 35 heavy (non-hydrogen) atoms. The summed E-state index contributed by atoms with van der Waals surface area (Å²) in [5, 5.41) is 0. The normalized spacial score (nSPS) is 13.4. The van der Waals surface area contributed by atoms with Crippen molar-refractivity contribution in [2.45, 2.75) is 32.1 Å². The first kappa shape index (κ1) is 31.2. The van der Waals surface area contributed by atoms with E-state index in [0.717, 1.165) is 0 Å². The van der Waals surface area contributed by atoms with Crippen LogP contribution in [0.4, 0.5) is 0 Å². The van der Waals surface area contributed by atoms with E-state index in [2.05, 4.69) is 130 Å². The Morgan fingerprint density at radius 2 is 1.00 bits per heavy atom. The molecule has 4 heteroatoms. The summed E-state index contributed by atoms with van der Waals surface area (Å²) in [6.07, 6.45) is 5.97. The second-order valence-electron chi connectivity index (χ2n) is 8.79. The fourth-order valence-electron chi connectivity index (χ4n) is 5.20. The van der Waals surface area contributed by atoms with Gasteiger partial charge in [0.05, 0.1) is 0 Å². The first-order chi connectivity index (χ1) is 15.1. The van der Waals surface area contributed by atoms with Crippen molar-refractivity contribution in [3.63, 3.8) is 0 Å². The minimum absolute atomic E-state index is 0. The molecule has 0 spiro atoms. The zero-order chi connectivity index (χ0) is 21.4. The third-order valence-corrected chi connectivity index (χ3v) is 6.57. The number of rotatable bonds is 4. The monoisotopic (exact) mass is 552 g/mol. The maximum atomic E-state index is 3.79. The number of aryl methyl sites for hydroxylation is 3. The summed E-state index contributed by atoms with van der Waals surface area (Å²) in [5.41, 5.74) is 10.0. The predicted octanol–water partition coefficient (Wildman–Crippen LogP) is -1.43. The van der Waals surface area contributed by atoms with Crippen molar-refractivity contribution in [3.8, 4) is 0 Å². The molecular weight excluding hydrogens is 527 g/mol. The molecule has 0 heterocycles. The summed E-state index contributed by atoms with van der Waals surface area (Å²) in [6, 6.07) is 35.8. The van der Waals surface area contributed by atoms with Crippen LogP contribution in [0, 0.1) is 26.8 Å². The number of benzene rings is 4. The summed E-state index contributed by atoms with van der Waals surface area (Å²) in [7, 11) is 0. The summed E-state index contributed by atoms with van der Waals surface area (Å²) in [6.45, 7) is 6.55. The molecule has 0 N–H and O–H groups in total. The van der Waals surface area contributed by atoms with E-state index in [0.29, 0.717) is 0 Å². The van der Waals surface area contributed by atoms with E-state index in [1.54, 1.807) is 0 Å². The van der Waals surface area contributed by atoms with Gasteiger partial charge >= 0.3 is 21.7 Å². The second kappa shape index (κ2) is 13.0. The van der Waals surface area contributed by atoms with Crippen molar-refractivity contribution in [3.05, 3.63) is 148 Å². The van der Waals surface area contributed by atoms with Gasteiger partial charge in [-0.25, -0.2) is 6.08 Å². The van der Waals surface area contributed by atoms with Gasteiger partial charge in [-0.1, -0.05) is 114 Å². The van der Waals surface area contributed by atoms with Crippen molar-refractivity contribution in [2.75, 3.05) is 0 Å². The van der Waals surface area contributed by atoms with Gasteiger partial charge in [-0.05, 0) is 37.5 Å². The maximum absolute atomic E-state index is 3.79. The average Bonchev–Trinajstić information content (AvgIpc) is 3.19. The summed E-state index contributed by atoms with van der Waals surface area (Å²) in [4.78, 5) is 0. The zero-order valence-electron chi connectivity index (χ0n) is 20.0. The quantitative estimate of drug-likeness (QED) is 0.165. The molecule has 0 saturated heterocycles. The average molecular weight is 554 g/mol. The van der Waals surface area contributed by atoms with Gasteiger partial charge in [0.2, 0.25) is 0 Å². The molecular formula is C31H27Cl3Ti. The van der Waals surface area contributed by atoms with E-state index >= 15 is 0 Å². The van der Waals surface area contributed by atoms with E-state index in [-0.39, 0.29) is 70.3 Å². The molecule has 0 saturated carbocycles. The van der Waals surface area contributed by atoms with E-state index in [9.17, 15) is 0 Å². The summed E-state index contributed by atoms with van der Waals surface area (Å²) < 4.78 is 0. The Morgan fingerprint density at radius 3 is 1.43 bits per heavy atom. The number of allylic oxidation sites excluding steroid dienone is 1. The molecule has 0 nitrogen and oxygen atoms in total. The Kier molecular flexibility index (Phi) is 11.6. The molecule has 0 aliphatic heterocycles. The van der Waals surface area contributed by atoms with Gasteiger partial charge in [-0.15, -0.1) is 11.6 Å². The van der Waals surface area contributed by atoms with Crippen LogP contribution in [-0.4, -0.2) is 0 Å². The van der Waals surface area contributed by atoms with Crippen LogP contribution in [0.25, 0.3) is 6.08 Å². The predicted molar refractivity (Wildman–Crippen MR) is 130 cm³/mol. The van der Waals surface area contributed by atoms with Gasteiger partial charge in [0.15, 0.2) is 0 Å². The molecule has 0 bridgehead atoms. The molecule has 1 atom stereocenters. The Balaban J connectivity index is 0.00000153. The molecule has 0 fully saturated rings. The first-order valence-corrected chi connectivity index (χ1v) is 11.0. The number of hydrogen-bond acceptors (Lipinski definition) is 0. The van der Waals surface area contributed by atoms with Crippen molar-refractivity contribution >= 4 is 6.08 Å². The van der Waals surface area contributed by atoms with Crippen LogP contribution in [-0.2, 0) is 27.1 Å². The first-order valence-electron chi connectivity index (χ1n) is 11.0. The van der Waals surface area contributed by atoms with Crippen molar-refractivity contribution in [1.82, 2.24) is 0 Å². The van der Waals surface area contributed by atoms with Gasteiger partial charge in [-0.3, -0.25) is 6.08 Å². The number of fused-ring (bicyclic) bond motifs is 1. The third kappa shape index (κ3) is 5.64. The minimum Gasteiger partial charge on any atom is -1.00 e. The molecule has 0 amide bonds. The zero-order valence-corrected chi connectivity index (χ0v) is 23.9. The fourth-order valence-corrected chi connectivity index (χ4v) is 5.20. The SMILES string of the molecule is Cc1cccc(C(c2cccc(C)c2)(c2cccc(C)c2)C2[C-]=Cc3ccccc32)c1.[Cl-].[Cl-].[Cl-].[Ti+4]. The second-order valence-corrected chi connectivity index (χ2v) is 8.79. The largest absolute Gasteiger partial charge is 4.00 e. The van der Waals surface area contributed by atoms with Crippen LogP contribution in [0.1, 0.15) is 50.4 Å². The smallest absolute Gasteiger partial charge is 1.00 e. The Bertz CT molecular complexity index is 1180. The van der Waals surface area contributed by atoms with Crippen LogP contribution >= 0.6 is 0 Å². The third-order valence-electron chi connectivity index (χ3n) is 6.57. The van der Waals surface area contributed by atoms with Crippen LogP contribution in [0.3, 0.4) is 0 Å². The van der Waals surface area contributed by atoms with Crippen molar-refractivity contribution in [1.29, 1.82) is 0 Å². The molecule has 0 radical (unpaired) electrons. The molecule has 4 aromatic carbocycles. The van der Waals surface area contributed by atoms with E-state index in [1.807, 2.05) is 0 Å². The van der Waals surface area contributed by atoms with Crippen LogP contribution < -0.4 is 37.2 Å². The van der Waals surface area contributed by atoms with E-state index in [4.69, 9.17) is 0 Å². The summed E-state index contributed by atoms with van der Waals surface area (Å²) in [5.74, 6) is 0.0918. The van der Waals surface area contributed by atoms with Gasteiger partial charge in [0, 0.05) is 5.41 Å². The molecule has 176 valence electrons. The maximum Gasteiger partial charge on any atom is 4.00 e. The Labute approximate surface area is 243 Å². The number of halogens is 3. The number of hydrogen-bond donors (Lipinski definition) is 0.